The van der Waals surface area contributed by atoms with Crippen LogP contribution in [0.25, 0.3) is 0 Å². The minimum Gasteiger partial charge on any atom is -0.496 e. The van der Waals surface area contributed by atoms with Gasteiger partial charge in [0.25, 0.3) is 5.91 Å². The number of likely N-dealkylation sites (tertiary alicyclic amines) is 1. The highest BCUT2D eigenvalue weighted by Crippen LogP contribution is 2.28. The molecule has 1 heterocycles. The van der Waals surface area contributed by atoms with Crippen LogP contribution in [0.5, 0.6) is 5.75 Å². The maximum atomic E-state index is 12.9. The van der Waals surface area contributed by atoms with E-state index in [2.05, 4.69) is 0 Å². The second kappa shape index (κ2) is 10.1. The Hall–Kier alpha value is -2.41. The van der Waals surface area contributed by atoms with Crippen molar-refractivity contribution in [2.75, 3.05) is 20.2 Å². The first-order chi connectivity index (χ1) is 14.5. The van der Waals surface area contributed by atoms with Crippen LogP contribution in [0.15, 0.2) is 36.4 Å². The van der Waals surface area contributed by atoms with E-state index in [9.17, 15) is 19.8 Å². The fourth-order valence-electron chi connectivity index (χ4n) is 3.94. The number of benzene rings is 2. The number of aliphatic hydroxyl groups is 2. The number of aliphatic hydroxyl groups excluding tert-OH is 2. The number of nitrogens with zero attached hydrogens (tertiary/aromatic N) is 1. The molecule has 0 spiro atoms. The van der Waals surface area contributed by atoms with Gasteiger partial charge in [0.05, 0.1) is 20.3 Å². The smallest absolute Gasteiger partial charge is 0.253 e. The average molecular weight is 432 g/mol. The highest BCUT2D eigenvalue weighted by atomic mass is 35.5. The van der Waals surface area contributed by atoms with Crippen LogP contribution in [0.1, 0.15) is 51.1 Å². The summed E-state index contributed by atoms with van der Waals surface area (Å²) in [6.45, 7) is 0.615. The molecule has 7 heteroatoms. The fraction of sp³-hybridized carbons (Fsp3) is 0.391. The average Bonchev–Trinajstić information content (AvgIpc) is 2.78. The number of rotatable bonds is 7. The summed E-state index contributed by atoms with van der Waals surface area (Å²) in [6, 6.07) is 10.0. The van der Waals surface area contributed by atoms with Crippen LogP contribution >= 0.6 is 11.6 Å². The first-order valence-corrected chi connectivity index (χ1v) is 10.3. The second-order valence-corrected chi connectivity index (χ2v) is 7.96. The van der Waals surface area contributed by atoms with Crippen LogP contribution in [0, 0.1) is 5.92 Å². The third kappa shape index (κ3) is 5.01. The summed E-state index contributed by atoms with van der Waals surface area (Å²) in [6.07, 6.45) is 2.01. The molecule has 1 atom stereocenters. The molecule has 0 aromatic heterocycles. The van der Waals surface area contributed by atoms with E-state index in [0.29, 0.717) is 52.5 Å². The van der Waals surface area contributed by atoms with Gasteiger partial charge in [-0.3, -0.25) is 9.59 Å². The van der Waals surface area contributed by atoms with Crippen LogP contribution in [0.3, 0.4) is 0 Å². The molecule has 0 radical (unpaired) electrons. The molecule has 1 aliphatic heterocycles. The van der Waals surface area contributed by atoms with E-state index >= 15 is 0 Å². The lowest BCUT2D eigenvalue weighted by molar-refractivity contribution is 0.0652. The molecular formula is C23H26ClNO5. The molecule has 2 N–H and O–H groups in total. The molecule has 0 saturated carbocycles. The number of piperidine rings is 1. The third-order valence-corrected chi connectivity index (χ3v) is 5.80. The van der Waals surface area contributed by atoms with E-state index in [1.165, 1.54) is 7.11 Å². The Balaban J connectivity index is 1.71. The van der Waals surface area contributed by atoms with Gasteiger partial charge < -0.3 is 19.8 Å². The molecule has 30 heavy (non-hydrogen) atoms. The van der Waals surface area contributed by atoms with Crippen LogP contribution in [0.2, 0.25) is 5.02 Å². The Morgan fingerprint density at radius 3 is 2.50 bits per heavy atom. The molecule has 0 aliphatic carbocycles. The van der Waals surface area contributed by atoms with E-state index in [-0.39, 0.29) is 30.8 Å². The summed E-state index contributed by atoms with van der Waals surface area (Å²) in [7, 11) is 1.46. The number of halogens is 1. The number of carbonyl (C=O) groups excluding carboxylic acids is 2. The van der Waals surface area contributed by atoms with Crippen LogP contribution in [0.4, 0.5) is 0 Å². The number of ether oxygens (including phenoxy) is 1. The molecule has 3 rings (SSSR count). The normalized spacial score (nSPS) is 16.4. The minimum absolute atomic E-state index is 0.0552. The van der Waals surface area contributed by atoms with Crippen molar-refractivity contribution in [1.29, 1.82) is 0 Å². The van der Waals surface area contributed by atoms with Gasteiger partial charge in [-0.25, -0.2) is 0 Å². The molecule has 1 saturated heterocycles. The van der Waals surface area contributed by atoms with Crippen molar-refractivity contribution in [2.24, 2.45) is 5.92 Å². The van der Waals surface area contributed by atoms with Crippen molar-refractivity contribution < 1.29 is 24.5 Å². The summed E-state index contributed by atoms with van der Waals surface area (Å²) in [5.41, 5.74) is 1.98. The highest BCUT2D eigenvalue weighted by molar-refractivity contribution is 6.30. The molecule has 1 unspecified atom stereocenters. The fourth-order valence-corrected chi connectivity index (χ4v) is 4.06. The van der Waals surface area contributed by atoms with Gasteiger partial charge in [0.2, 0.25) is 0 Å². The molecule has 2 aromatic rings. The number of carbonyl (C=O) groups is 2. The minimum atomic E-state index is -0.291. The zero-order valence-corrected chi connectivity index (χ0v) is 17.7. The Labute approximate surface area is 181 Å². The Morgan fingerprint density at radius 1 is 1.13 bits per heavy atom. The van der Waals surface area contributed by atoms with E-state index in [1.807, 2.05) is 0 Å². The molecule has 1 aliphatic rings. The summed E-state index contributed by atoms with van der Waals surface area (Å²) >= 11 is 5.90. The van der Waals surface area contributed by atoms with Gasteiger partial charge in [-0.1, -0.05) is 11.6 Å². The molecule has 2 aromatic carbocycles. The molecule has 1 fully saturated rings. The van der Waals surface area contributed by atoms with Gasteiger partial charge >= 0.3 is 0 Å². The zero-order valence-electron chi connectivity index (χ0n) is 16.9. The monoisotopic (exact) mass is 431 g/mol. The van der Waals surface area contributed by atoms with Crippen molar-refractivity contribution in [3.05, 3.63) is 63.7 Å². The Morgan fingerprint density at radius 2 is 1.87 bits per heavy atom. The van der Waals surface area contributed by atoms with Crippen LogP contribution in [-0.4, -0.2) is 47.0 Å². The summed E-state index contributed by atoms with van der Waals surface area (Å²) in [5.74, 6) is 0.317. The highest BCUT2D eigenvalue weighted by Gasteiger charge is 2.27. The lowest BCUT2D eigenvalue weighted by Crippen LogP contribution is -2.40. The predicted octanol–water partition coefficient (Wildman–Crippen LogP) is 3.46. The van der Waals surface area contributed by atoms with Crippen LogP contribution in [-0.2, 0) is 13.2 Å². The third-order valence-electron chi connectivity index (χ3n) is 5.54. The van der Waals surface area contributed by atoms with Crippen molar-refractivity contribution in [2.45, 2.75) is 32.5 Å². The summed E-state index contributed by atoms with van der Waals surface area (Å²) < 4.78 is 5.28. The Bertz CT molecular complexity index is 887. The number of methoxy groups -OCH3 is 1. The molecule has 160 valence electrons. The quantitative estimate of drug-likeness (QED) is 0.655. The lowest BCUT2D eigenvalue weighted by Gasteiger charge is -2.32. The lowest BCUT2D eigenvalue weighted by atomic mass is 9.89. The van der Waals surface area contributed by atoms with Gasteiger partial charge in [-0.15, -0.1) is 0 Å². The first-order valence-electron chi connectivity index (χ1n) is 9.96. The zero-order chi connectivity index (χ0) is 21.7. The van der Waals surface area contributed by atoms with E-state index < -0.39 is 0 Å². The second-order valence-electron chi connectivity index (χ2n) is 7.53. The van der Waals surface area contributed by atoms with Crippen molar-refractivity contribution >= 4 is 23.3 Å². The van der Waals surface area contributed by atoms with E-state index in [1.54, 1.807) is 41.3 Å². The summed E-state index contributed by atoms with van der Waals surface area (Å²) in [5, 5.41) is 19.7. The van der Waals surface area contributed by atoms with Gasteiger partial charge in [0, 0.05) is 41.2 Å². The maximum absolute atomic E-state index is 12.9. The van der Waals surface area contributed by atoms with Crippen molar-refractivity contribution in [3.8, 4) is 5.75 Å². The molecule has 1 amide bonds. The number of ketones is 1. The largest absolute Gasteiger partial charge is 0.496 e. The summed E-state index contributed by atoms with van der Waals surface area (Å²) in [4.78, 5) is 27.5. The maximum Gasteiger partial charge on any atom is 0.253 e. The molecule has 6 nitrogen and oxygen atoms in total. The number of hydrogen-bond donors (Lipinski definition) is 2. The van der Waals surface area contributed by atoms with Gasteiger partial charge in [0.1, 0.15) is 5.75 Å². The van der Waals surface area contributed by atoms with Crippen LogP contribution < -0.4 is 4.74 Å². The standard InChI is InChI=1S/C23H26ClNO5/c1-30-22-11-17(10-18(13-26)20(22)14-27)21(28)9-15-3-2-8-25(12-15)23(29)16-4-6-19(24)7-5-16/h4-7,10-11,15,26-27H,2-3,8-9,12-14H2,1H3. The molecular weight excluding hydrogens is 406 g/mol. The molecule has 0 bridgehead atoms. The number of amides is 1. The number of Topliss-reactive ketones (excluding diaryl/α,β-unsaturated/α-hetero) is 1. The SMILES string of the molecule is COc1cc(C(=O)CC2CCCN(C(=O)c3ccc(Cl)cc3)C2)cc(CO)c1CO. The van der Waals surface area contributed by atoms with E-state index in [4.69, 9.17) is 16.3 Å². The van der Waals surface area contributed by atoms with Gasteiger partial charge in [-0.05, 0) is 60.7 Å². The first kappa shape index (κ1) is 22.3. The van der Waals surface area contributed by atoms with Crippen molar-refractivity contribution in [1.82, 2.24) is 4.90 Å². The topological polar surface area (TPSA) is 87.1 Å². The van der Waals surface area contributed by atoms with Gasteiger partial charge in [-0.2, -0.15) is 0 Å². The predicted molar refractivity (Wildman–Crippen MR) is 114 cm³/mol. The Kier molecular flexibility index (Phi) is 7.48. The van der Waals surface area contributed by atoms with Gasteiger partial charge in [0.15, 0.2) is 5.78 Å². The number of hydrogen-bond acceptors (Lipinski definition) is 5. The van der Waals surface area contributed by atoms with Crippen molar-refractivity contribution in [3.63, 3.8) is 0 Å². The van der Waals surface area contributed by atoms with E-state index in [0.717, 1.165) is 12.8 Å².